The van der Waals surface area contributed by atoms with Crippen LogP contribution in [0.1, 0.15) is 17.3 Å². The van der Waals surface area contributed by atoms with E-state index in [2.05, 4.69) is 14.7 Å². The first kappa shape index (κ1) is 13.0. The Morgan fingerprint density at radius 1 is 1.26 bits per heavy atom. The fourth-order valence-electron chi connectivity index (χ4n) is 1.60. The zero-order chi connectivity index (χ0) is 13.7. The molecule has 2 aromatic rings. The maximum absolute atomic E-state index is 11.5. The van der Waals surface area contributed by atoms with Gasteiger partial charge in [0.15, 0.2) is 0 Å². The van der Waals surface area contributed by atoms with Crippen molar-refractivity contribution in [2.75, 3.05) is 13.7 Å². The minimum atomic E-state index is -0.387. The lowest BCUT2D eigenvalue weighted by molar-refractivity contribution is 0.0600. The first-order valence-corrected chi connectivity index (χ1v) is 5.88. The highest BCUT2D eigenvalue weighted by atomic mass is 16.5. The van der Waals surface area contributed by atoms with E-state index in [4.69, 9.17) is 4.74 Å². The molecule has 2 heterocycles. The zero-order valence-electron chi connectivity index (χ0n) is 10.8. The first-order valence-electron chi connectivity index (χ1n) is 5.88. The van der Waals surface area contributed by atoms with Crippen LogP contribution in [-0.2, 0) is 4.74 Å². The summed E-state index contributed by atoms with van der Waals surface area (Å²) in [5.74, 6) is 0.179. The molecular formula is C14H14N2O3. The van der Waals surface area contributed by atoms with Gasteiger partial charge in [0.25, 0.3) is 0 Å². The van der Waals surface area contributed by atoms with Gasteiger partial charge in [0.05, 0.1) is 25.0 Å². The van der Waals surface area contributed by atoms with Gasteiger partial charge in [0.1, 0.15) is 0 Å². The molecule has 0 fully saturated rings. The van der Waals surface area contributed by atoms with Gasteiger partial charge in [-0.2, -0.15) is 0 Å². The summed E-state index contributed by atoms with van der Waals surface area (Å²) in [6.07, 6.45) is 3.23. The van der Waals surface area contributed by atoms with E-state index in [-0.39, 0.29) is 5.97 Å². The summed E-state index contributed by atoms with van der Waals surface area (Å²) in [5, 5.41) is 0. The number of hydrogen-bond donors (Lipinski definition) is 0. The van der Waals surface area contributed by atoms with Crippen LogP contribution in [-0.4, -0.2) is 29.7 Å². The molecule has 0 bridgehead atoms. The highest BCUT2D eigenvalue weighted by Crippen LogP contribution is 2.19. The van der Waals surface area contributed by atoms with Crippen molar-refractivity contribution in [1.29, 1.82) is 0 Å². The van der Waals surface area contributed by atoms with Crippen LogP contribution in [0.4, 0.5) is 0 Å². The largest absolute Gasteiger partial charge is 0.478 e. The quantitative estimate of drug-likeness (QED) is 0.788. The molecule has 0 radical (unpaired) electrons. The maximum Gasteiger partial charge on any atom is 0.337 e. The van der Waals surface area contributed by atoms with Crippen LogP contribution in [0.25, 0.3) is 11.3 Å². The monoisotopic (exact) mass is 258 g/mol. The number of rotatable bonds is 4. The highest BCUT2D eigenvalue weighted by molar-refractivity contribution is 5.90. The SMILES string of the molecule is CCOc1ccc(-c2cc(C(=O)OC)ccn2)cn1. The third-order valence-electron chi connectivity index (χ3n) is 2.51. The van der Waals surface area contributed by atoms with E-state index in [0.717, 1.165) is 5.56 Å². The molecule has 5 heteroatoms. The lowest BCUT2D eigenvalue weighted by atomic mass is 10.1. The average molecular weight is 258 g/mol. The molecule has 0 amide bonds. The van der Waals surface area contributed by atoms with Gasteiger partial charge >= 0.3 is 5.97 Å². The van der Waals surface area contributed by atoms with Crippen molar-refractivity contribution in [2.45, 2.75) is 6.92 Å². The standard InChI is InChI=1S/C14H14N2O3/c1-3-19-13-5-4-11(9-16-13)12-8-10(6-7-15-12)14(17)18-2/h4-9H,3H2,1-2H3. The van der Waals surface area contributed by atoms with Gasteiger partial charge in [-0.3, -0.25) is 4.98 Å². The van der Waals surface area contributed by atoms with Crippen molar-refractivity contribution in [3.05, 3.63) is 42.2 Å². The summed E-state index contributed by atoms with van der Waals surface area (Å²) in [5.41, 5.74) is 1.94. The molecule has 2 aromatic heterocycles. The predicted octanol–water partition coefficient (Wildman–Crippen LogP) is 2.33. The number of nitrogens with zero attached hydrogens (tertiary/aromatic N) is 2. The highest BCUT2D eigenvalue weighted by Gasteiger charge is 2.08. The normalized spacial score (nSPS) is 10.0. The molecule has 0 aliphatic heterocycles. The van der Waals surface area contributed by atoms with Crippen molar-refractivity contribution < 1.29 is 14.3 Å². The van der Waals surface area contributed by atoms with E-state index in [0.29, 0.717) is 23.7 Å². The number of carbonyl (C=O) groups is 1. The van der Waals surface area contributed by atoms with Gasteiger partial charge in [0, 0.05) is 24.0 Å². The molecule has 0 saturated carbocycles. The summed E-state index contributed by atoms with van der Waals surface area (Å²) in [7, 11) is 1.35. The van der Waals surface area contributed by atoms with E-state index in [1.54, 1.807) is 30.6 Å². The number of carbonyl (C=O) groups excluding carboxylic acids is 1. The Morgan fingerprint density at radius 3 is 2.74 bits per heavy atom. The summed E-state index contributed by atoms with van der Waals surface area (Å²) in [6.45, 7) is 2.47. The number of hydrogen-bond acceptors (Lipinski definition) is 5. The molecule has 0 spiro atoms. The Bertz CT molecular complexity index is 567. The van der Waals surface area contributed by atoms with Crippen molar-refractivity contribution in [3.8, 4) is 17.1 Å². The fourth-order valence-corrected chi connectivity index (χ4v) is 1.60. The third kappa shape index (κ3) is 3.07. The molecule has 0 aliphatic carbocycles. The number of methoxy groups -OCH3 is 1. The Morgan fingerprint density at radius 2 is 2.11 bits per heavy atom. The van der Waals surface area contributed by atoms with Gasteiger partial charge in [-0.1, -0.05) is 0 Å². The predicted molar refractivity (Wildman–Crippen MR) is 70.0 cm³/mol. The summed E-state index contributed by atoms with van der Waals surface area (Å²) >= 11 is 0. The molecule has 0 saturated heterocycles. The Kier molecular flexibility index (Phi) is 4.07. The van der Waals surface area contributed by atoms with Crippen molar-refractivity contribution in [3.63, 3.8) is 0 Å². The number of esters is 1. The number of pyridine rings is 2. The topological polar surface area (TPSA) is 61.3 Å². The third-order valence-corrected chi connectivity index (χ3v) is 2.51. The van der Waals surface area contributed by atoms with E-state index < -0.39 is 0 Å². The minimum Gasteiger partial charge on any atom is -0.478 e. The van der Waals surface area contributed by atoms with E-state index in [1.165, 1.54) is 7.11 Å². The smallest absolute Gasteiger partial charge is 0.337 e. The van der Waals surface area contributed by atoms with Crippen molar-refractivity contribution in [2.24, 2.45) is 0 Å². The van der Waals surface area contributed by atoms with Crippen LogP contribution in [0.3, 0.4) is 0 Å². The van der Waals surface area contributed by atoms with Gasteiger partial charge in [-0.15, -0.1) is 0 Å². The molecular weight excluding hydrogens is 244 g/mol. The second-order valence-corrected chi connectivity index (χ2v) is 3.74. The van der Waals surface area contributed by atoms with Crippen molar-refractivity contribution >= 4 is 5.97 Å². The Balaban J connectivity index is 2.28. The van der Waals surface area contributed by atoms with Crippen LogP contribution >= 0.6 is 0 Å². The maximum atomic E-state index is 11.5. The molecule has 0 aliphatic rings. The second kappa shape index (κ2) is 5.95. The average Bonchev–Trinajstić information content (AvgIpc) is 2.48. The molecule has 0 unspecified atom stereocenters. The molecule has 0 atom stereocenters. The number of ether oxygens (including phenoxy) is 2. The van der Waals surface area contributed by atoms with Gasteiger partial charge in [0.2, 0.25) is 5.88 Å². The van der Waals surface area contributed by atoms with Crippen LogP contribution in [0.2, 0.25) is 0 Å². The van der Waals surface area contributed by atoms with Gasteiger partial charge in [-0.25, -0.2) is 9.78 Å². The van der Waals surface area contributed by atoms with Crippen LogP contribution in [0.15, 0.2) is 36.7 Å². The summed E-state index contributed by atoms with van der Waals surface area (Å²) in [4.78, 5) is 19.8. The Hall–Kier alpha value is -2.43. The molecule has 5 nitrogen and oxygen atoms in total. The molecule has 2 rings (SSSR count). The molecule has 19 heavy (non-hydrogen) atoms. The first-order chi connectivity index (χ1) is 9.24. The zero-order valence-corrected chi connectivity index (χ0v) is 10.8. The summed E-state index contributed by atoms with van der Waals surface area (Å²) in [6, 6.07) is 6.90. The lowest BCUT2D eigenvalue weighted by Crippen LogP contribution is -2.01. The van der Waals surface area contributed by atoms with Gasteiger partial charge < -0.3 is 9.47 Å². The van der Waals surface area contributed by atoms with Crippen LogP contribution < -0.4 is 4.74 Å². The van der Waals surface area contributed by atoms with E-state index >= 15 is 0 Å². The van der Waals surface area contributed by atoms with E-state index in [9.17, 15) is 4.79 Å². The second-order valence-electron chi connectivity index (χ2n) is 3.74. The fraction of sp³-hybridized carbons (Fsp3) is 0.214. The van der Waals surface area contributed by atoms with Gasteiger partial charge in [-0.05, 0) is 25.1 Å². The molecule has 0 aromatic carbocycles. The van der Waals surface area contributed by atoms with Crippen LogP contribution in [0.5, 0.6) is 5.88 Å². The Labute approximate surface area is 111 Å². The lowest BCUT2D eigenvalue weighted by Gasteiger charge is -2.05. The van der Waals surface area contributed by atoms with Crippen molar-refractivity contribution in [1.82, 2.24) is 9.97 Å². The molecule has 98 valence electrons. The van der Waals surface area contributed by atoms with Crippen LogP contribution in [0, 0.1) is 0 Å². The van der Waals surface area contributed by atoms with E-state index in [1.807, 2.05) is 13.0 Å². The minimum absolute atomic E-state index is 0.387. The molecule has 0 N–H and O–H groups in total. The number of aromatic nitrogens is 2. The summed E-state index contributed by atoms with van der Waals surface area (Å²) < 4.78 is 9.95.